The lowest BCUT2D eigenvalue weighted by atomic mass is 10.0. The first-order chi connectivity index (χ1) is 8.63. The maximum atomic E-state index is 6.13. The van der Waals surface area contributed by atoms with Crippen LogP contribution in [0.5, 0.6) is 0 Å². The Morgan fingerprint density at radius 1 is 1.33 bits per heavy atom. The fraction of sp³-hybridized carbons (Fsp3) is 0.600. The second kappa shape index (κ2) is 5.61. The van der Waals surface area contributed by atoms with Crippen LogP contribution in [-0.4, -0.2) is 37.6 Å². The Morgan fingerprint density at radius 3 is 2.56 bits per heavy atom. The minimum absolute atomic E-state index is 0.621. The number of likely N-dealkylation sites (tertiary alicyclic amines) is 1. The molecule has 0 saturated carbocycles. The van der Waals surface area contributed by atoms with Gasteiger partial charge in [0.05, 0.1) is 11.4 Å². The Morgan fingerprint density at radius 2 is 2.00 bits per heavy atom. The topological polar surface area (TPSA) is 32.5 Å². The maximum absolute atomic E-state index is 6.13. The van der Waals surface area contributed by atoms with Crippen molar-refractivity contribution in [1.82, 2.24) is 4.90 Å². The summed E-state index contributed by atoms with van der Waals surface area (Å²) in [5, 5.41) is 0. The minimum Gasteiger partial charge on any atom is -0.397 e. The van der Waals surface area contributed by atoms with E-state index < -0.39 is 0 Å². The number of anilines is 2. The van der Waals surface area contributed by atoms with Gasteiger partial charge >= 0.3 is 0 Å². The summed E-state index contributed by atoms with van der Waals surface area (Å²) in [5.74, 6) is 0. The second-order valence-electron chi connectivity index (χ2n) is 5.29. The lowest BCUT2D eigenvalue weighted by molar-refractivity contribution is 0.221. The van der Waals surface area contributed by atoms with E-state index >= 15 is 0 Å². The number of nitrogens with two attached hydrogens (primary N) is 1. The van der Waals surface area contributed by atoms with Crippen LogP contribution in [0.25, 0.3) is 0 Å². The van der Waals surface area contributed by atoms with E-state index in [4.69, 9.17) is 5.73 Å². The van der Waals surface area contributed by atoms with Crippen molar-refractivity contribution in [2.24, 2.45) is 0 Å². The molecule has 1 fully saturated rings. The predicted octanol–water partition coefficient (Wildman–Crippen LogP) is 2.50. The number of rotatable bonds is 3. The molecule has 2 rings (SSSR count). The van der Waals surface area contributed by atoms with Crippen molar-refractivity contribution in [2.45, 2.75) is 32.7 Å². The highest BCUT2D eigenvalue weighted by atomic mass is 15.2. The molecule has 3 heteroatoms. The van der Waals surface area contributed by atoms with Crippen molar-refractivity contribution in [3.8, 4) is 0 Å². The Bertz CT molecular complexity index is 374. The van der Waals surface area contributed by atoms with Crippen LogP contribution >= 0.6 is 0 Å². The van der Waals surface area contributed by atoms with E-state index in [1.807, 2.05) is 12.1 Å². The quantitative estimate of drug-likeness (QED) is 0.833. The van der Waals surface area contributed by atoms with Gasteiger partial charge in [0.2, 0.25) is 0 Å². The normalized spacial score (nSPS) is 17.9. The summed E-state index contributed by atoms with van der Waals surface area (Å²) in [6, 6.07) is 6.79. The van der Waals surface area contributed by atoms with Gasteiger partial charge in [0.1, 0.15) is 0 Å². The van der Waals surface area contributed by atoms with Gasteiger partial charge in [-0.15, -0.1) is 0 Å². The van der Waals surface area contributed by atoms with Gasteiger partial charge in [-0.2, -0.15) is 0 Å². The molecule has 0 atom stereocenters. The highest BCUT2D eigenvalue weighted by Crippen LogP contribution is 2.30. The molecular formula is C15H25N3. The summed E-state index contributed by atoms with van der Waals surface area (Å²) >= 11 is 0. The fourth-order valence-electron chi connectivity index (χ4n) is 2.97. The van der Waals surface area contributed by atoms with E-state index in [1.165, 1.54) is 43.7 Å². The molecule has 2 N–H and O–H groups in total. The highest BCUT2D eigenvalue weighted by Gasteiger charge is 2.23. The molecule has 0 radical (unpaired) electrons. The molecule has 0 unspecified atom stereocenters. The smallest absolute Gasteiger partial charge is 0.0629 e. The van der Waals surface area contributed by atoms with Crippen molar-refractivity contribution in [3.63, 3.8) is 0 Å². The van der Waals surface area contributed by atoms with E-state index in [2.05, 4.69) is 36.8 Å². The molecule has 0 aromatic heterocycles. The van der Waals surface area contributed by atoms with Gasteiger partial charge in [0.25, 0.3) is 0 Å². The monoisotopic (exact) mass is 247 g/mol. The predicted molar refractivity (Wildman–Crippen MR) is 79.1 cm³/mol. The van der Waals surface area contributed by atoms with Gasteiger partial charge in [-0.1, -0.05) is 19.1 Å². The molecule has 1 aliphatic rings. The molecular weight excluding hydrogens is 222 g/mol. The van der Waals surface area contributed by atoms with Crippen LogP contribution in [-0.2, 0) is 0 Å². The third kappa shape index (κ3) is 2.61. The summed E-state index contributed by atoms with van der Waals surface area (Å²) in [7, 11) is 2.19. The van der Waals surface area contributed by atoms with Gasteiger partial charge < -0.3 is 15.5 Å². The first kappa shape index (κ1) is 13.2. The third-order valence-corrected chi connectivity index (χ3v) is 4.17. The van der Waals surface area contributed by atoms with E-state index in [-0.39, 0.29) is 0 Å². The van der Waals surface area contributed by atoms with Gasteiger partial charge in [0.15, 0.2) is 0 Å². The number of hydrogen-bond donors (Lipinski definition) is 1. The van der Waals surface area contributed by atoms with Crippen LogP contribution in [0.4, 0.5) is 11.4 Å². The number of para-hydroxylation sites is 1. The van der Waals surface area contributed by atoms with Crippen LogP contribution in [0.15, 0.2) is 18.2 Å². The molecule has 0 spiro atoms. The van der Waals surface area contributed by atoms with Crippen molar-refractivity contribution in [2.75, 3.05) is 37.3 Å². The molecule has 18 heavy (non-hydrogen) atoms. The van der Waals surface area contributed by atoms with Crippen molar-refractivity contribution in [1.29, 1.82) is 0 Å². The highest BCUT2D eigenvalue weighted by molar-refractivity contribution is 5.71. The van der Waals surface area contributed by atoms with Gasteiger partial charge in [0, 0.05) is 26.2 Å². The summed E-state index contributed by atoms with van der Waals surface area (Å²) in [5.41, 5.74) is 9.52. The average Bonchev–Trinajstić information content (AvgIpc) is 2.38. The molecule has 0 aliphatic carbocycles. The Labute approximate surface area is 111 Å². The Balaban J connectivity index is 2.10. The number of hydrogen-bond acceptors (Lipinski definition) is 3. The molecule has 1 aromatic rings. The van der Waals surface area contributed by atoms with Crippen LogP contribution < -0.4 is 10.6 Å². The van der Waals surface area contributed by atoms with Gasteiger partial charge in [-0.25, -0.2) is 0 Å². The van der Waals surface area contributed by atoms with E-state index in [0.717, 1.165) is 5.69 Å². The van der Waals surface area contributed by atoms with Gasteiger partial charge in [-0.05, 0) is 37.9 Å². The zero-order valence-corrected chi connectivity index (χ0v) is 11.8. The van der Waals surface area contributed by atoms with Crippen LogP contribution in [0, 0.1) is 6.92 Å². The average molecular weight is 247 g/mol. The molecule has 3 nitrogen and oxygen atoms in total. The standard InChI is InChI=1S/C15H25N3/c1-4-18-10-8-13(9-11-18)17(3)15-12(2)6-5-7-14(15)16/h5-7,13H,4,8-11,16H2,1-3H3. The minimum atomic E-state index is 0.621. The lowest BCUT2D eigenvalue weighted by Gasteiger charge is -2.38. The van der Waals surface area contributed by atoms with Crippen molar-refractivity contribution < 1.29 is 0 Å². The molecule has 1 aliphatic heterocycles. The van der Waals surface area contributed by atoms with Gasteiger partial charge in [-0.3, -0.25) is 0 Å². The third-order valence-electron chi connectivity index (χ3n) is 4.17. The molecule has 100 valence electrons. The summed E-state index contributed by atoms with van der Waals surface area (Å²) in [6.07, 6.45) is 2.47. The van der Waals surface area contributed by atoms with E-state index in [9.17, 15) is 0 Å². The van der Waals surface area contributed by atoms with Crippen molar-refractivity contribution >= 4 is 11.4 Å². The second-order valence-corrected chi connectivity index (χ2v) is 5.29. The largest absolute Gasteiger partial charge is 0.397 e. The zero-order chi connectivity index (χ0) is 13.1. The first-order valence-corrected chi connectivity index (χ1v) is 6.93. The molecule has 1 saturated heterocycles. The SMILES string of the molecule is CCN1CCC(N(C)c2c(C)cccc2N)CC1. The number of benzene rings is 1. The number of nitrogen functional groups attached to an aromatic ring is 1. The molecule has 1 aromatic carbocycles. The van der Waals surface area contributed by atoms with E-state index in [1.54, 1.807) is 0 Å². The summed E-state index contributed by atoms with van der Waals surface area (Å²) in [4.78, 5) is 4.91. The summed E-state index contributed by atoms with van der Waals surface area (Å²) < 4.78 is 0. The molecule has 0 amide bonds. The number of piperidine rings is 1. The van der Waals surface area contributed by atoms with Crippen LogP contribution in [0.3, 0.4) is 0 Å². The van der Waals surface area contributed by atoms with Crippen LogP contribution in [0.2, 0.25) is 0 Å². The Hall–Kier alpha value is -1.22. The molecule has 1 heterocycles. The van der Waals surface area contributed by atoms with E-state index in [0.29, 0.717) is 6.04 Å². The fourth-order valence-corrected chi connectivity index (χ4v) is 2.97. The Kier molecular flexibility index (Phi) is 4.12. The first-order valence-electron chi connectivity index (χ1n) is 6.93. The lowest BCUT2D eigenvalue weighted by Crippen LogP contribution is -2.43. The maximum Gasteiger partial charge on any atom is 0.0629 e. The zero-order valence-electron chi connectivity index (χ0n) is 11.8. The number of aryl methyl sites for hydroxylation is 1. The number of nitrogens with zero attached hydrogens (tertiary/aromatic N) is 2. The van der Waals surface area contributed by atoms with Crippen LogP contribution in [0.1, 0.15) is 25.3 Å². The van der Waals surface area contributed by atoms with Crippen molar-refractivity contribution in [3.05, 3.63) is 23.8 Å². The molecule has 0 bridgehead atoms. The summed E-state index contributed by atoms with van der Waals surface area (Å²) in [6.45, 7) is 7.96.